The van der Waals surface area contributed by atoms with Gasteiger partial charge in [-0.2, -0.15) is 5.10 Å². The van der Waals surface area contributed by atoms with Gasteiger partial charge in [-0.15, -0.1) is 11.3 Å². The van der Waals surface area contributed by atoms with Gasteiger partial charge in [0.15, 0.2) is 5.82 Å². The number of aromatic nitrogens is 2. The molecule has 0 atom stereocenters. The van der Waals surface area contributed by atoms with Gasteiger partial charge in [-0.25, -0.2) is 0 Å². The summed E-state index contributed by atoms with van der Waals surface area (Å²) in [4.78, 5) is 13.3. The van der Waals surface area contributed by atoms with Crippen LogP contribution in [-0.4, -0.2) is 15.7 Å². The van der Waals surface area contributed by atoms with Crippen molar-refractivity contribution in [3.8, 4) is 5.75 Å². The molecule has 4 rings (SSSR count). The number of benzene rings is 2. The molecule has 6 heteroatoms. The molecule has 0 saturated heterocycles. The van der Waals surface area contributed by atoms with Crippen molar-refractivity contribution >= 4 is 23.1 Å². The van der Waals surface area contributed by atoms with Crippen molar-refractivity contribution in [3.05, 3.63) is 98.9 Å². The van der Waals surface area contributed by atoms with E-state index in [0.29, 0.717) is 23.8 Å². The lowest BCUT2D eigenvalue weighted by atomic mass is 10.1. The maximum Gasteiger partial charge on any atom is 0.266 e. The molecule has 0 bridgehead atoms. The quantitative estimate of drug-likeness (QED) is 0.405. The minimum absolute atomic E-state index is 0.163. The van der Waals surface area contributed by atoms with E-state index in [1.807, 2.05) is 60.4 Å². The van der Waals surface area contributed by atoms with E-state index in [1.54, 1.807) is 0 Å². The van der Waals surface area contributed by atoms with Crippen molar-refractivity contribution in [2.75, 3.05) is 5.32 Å². The van der Waals surface area contributed by atoms with Crippen LogP contribution in [0.4, 0.5) is 5.82 Å². The fourth-order valence-electron chi connectivity index (χ4n) is 3.33. The Morgan fingerprint density at radius 2 is 1.77 bits per heavy atom. The number of hydrogen-bond donors (Lipinski definition) is 1. The maximum atomic E-state index is 12.6. The van der Waals surface area contributed by atoms with E-state index in [4.69, 9.17) is 4.74 Å². The highest BCUT2D eigenvalue weighted by atomic mass is 32.1. The SMILES string of the molecule is Cc1ccc(Cn2ccc(NC(=O)c3cc(COc4c(C)cccc4C)cs3)n2)cc1. The number of thiophene rings is 1. The first-order chi connectivity index (χ1) is 15.0. The van der Waals surface area contributed by atoms with Gasteiger partial charge in [0.1, 0.15) is 12.4 Å². The molecule has 1 amide bonds. The van der Waals surface area contributed by atoms with E-state index >= 15 is 0 Å². The Morgan fingerprint density at radius 1 is 1.03 bits per heavy atom. The normalized spacial score (nSPS) is 10.8. The van der Waals surface area contributed by atoms with Gasteiger partial charge in [0.05, 0.1) is 11.4 Å². The molecule has 0 aliphatic carbocycles. The molecular weight excluding hydrogens is 406 g/mol. The predicted molar refractivity (Wildman–Crippen MR) is 125 cm³/mol. The Kier molecular flexibility index (Phi) is 6.18. The van der Waals surface area contributed by atoms with Crippen LogP contribution in [0.5, 0.6) is 5.75 Å². The predicted octanol–water partition coefficient (Wildman–Crippen LogP) is 5.75. The molecule has 0 radical (unpaired) electrons. The topological polar surface area (TPSA) is 56.2 Å². The molecule has 0 saturated carbocycles. The lowest BCUT2D eigenvalue weighted by Gasteiger charge is -2.10. The molecule has 0 spiro atoms. The van der Waals surface area contributed by atoms with Crippen LogP contribution in [-0.2, 0) is 13.2 Å². The fourth-order valence-corrected chi connectivity index (χ4v) is 4.12. The molecule has 2 aromatic carbocycles. The monoisotopic (exact) mass is 431 g/mol. The van der Waals surface area contributed by atoms with Crippen molar-refractivity contribution in [2.45, 2.75) is 33.9 Å². The smallest absolute Gasteiger partial charge is 0.266 e. The van der Waals surface area contributed by atoms with Crippen LogP contribution >= 0.6 is 11.3 Å². The summed E-state index contributed by atoms with van der Waals surface area (Å²) >= 11 is 1.40. The Morgan fingerprint density at radius 3 is 2.52 bits per heavy atom. The minimum Gasteiger partial charge on any atom is -0.488 e. The second-order valence-corrected chi connectivity index (χ2v) is 8.58. The number of amides is 1. The largest absolute Gasteiger partial charge is 0.488 e. The van der Waals surface area contributed by atoms with Crippen molar-refractivity contribution in [1.29, 1.82) is 0 Å². The number of carbonyl (C=O) groups excluding carboxylic acids is 1. The van der Waals surface area contributed by atoms with Gasteiger partial charge in [-0.05, 0) is 48.9 Å². The summed E-state index contributed by atoms with van der Waals surface area (Å²) in [6.07, 6.45) is 1.87. The average Bonchev–Trinajstić information content (AvgIpc) is 3.39. The summed E-state index contributed by atoms with van der Waals surface area (Å²) in [6.45, 7) is 7.23. The van der Waals surface area contributed by atoms with Gasteiger partial charge in [0.2, 0.25) is 0 Å². The number of hydrogen-bond acceptors (Lipinski definition) is 4. The summed E-state index contributed by atoms with van der Waals surface area (Å²) in [5.74, 6) is 1.28. The van der Waals surface area contributed by atoms with Crippen LogP contribution in [0, 0.1) is 20.8 Å². The zero-order valence-corrected chi connectivity index (χ0v) is 18.7. The molecule has 5 nitrogen and oxygen atoms in total. The third-order valence-corrected chi connectivity index (χ3v) is 5.99. The van der Waals surface area contributed by atoms with Crippen LogP contribution < -0.4 is 10.1 Å². The minimum atomic E-state index is -0.163. The first-order valence-electron chi connectivity index (χ1n) is 10.1. The number of rotatable bonds is 7. The lowest BCUT2D eigenvalue weighted by Crippen LogP contribution is -2.11. The number of aryl methyl sites for hydroxylation is 3. The number of para-hydroxylation sites is 1. The molecule has 31 heavy (non-hydrogen) atoms. The van der Waals surface area contributed by atoms with Crippen LogP contribution in [0.2, 0.25) is 0 Å². The Balaban J connectivity index is 1.35. The van der Waals surface area contributed by atoms with E-state index in [9.17, 15) is 4.79 Å². The zero-order valence-electron chi connectivity index (χ0n) is 17.9. The van der Waals surface area contributed by atoms with Crippen LogP contribution in [0.15, 0.2) is 66.2 Å². The molecule has 0 aliphatic heterocycles. The maximum absolute atomic E-state index is 12.6. The summed E-state index contributed by atoms with van der Waals surface area (Å²) in [7, 11) is 0. The number of nitrogens with zero attached hydrogens (tertiary/aromatic N) is 2. The third-order valence-electron chi connectivity index (χ3n) is 5.02. The third kappa shape index (κ3) is 5.22. The van der Waals surface area contributed by atoms with Gasteiger partial charge >= 0.3 is 0 Å². The highest BCUT2D eigenvalue weighted by molar-refractivity contribution is 7.12. The number of nitrogens with one attached hydrogen (secondary N) is 1. The molecule has 2 heterocycles. The highest BCUT2D eigenvalue weighted by Crippen LogP contribution is 2.25. The van der Waals surface area contributed by atoms with E-state index < -0.39 is 0 Å². The molecule has 158 valence electrons. The number of anilines is 1. The van der Waals surface area contributed by atoms with Crippen molar-refractivity contribution in [1.82, 2.24) is 9.78 Å². The summed E-state index contributed by atoms with van der Waals surface area (Å²) < 4.78 is 7.81. The molecule has 1 N–H and O–H groups in total. The molecule has 2 aromatic heterocycles. The Labute approximate surface area is 186 Å². The van der Waals surface area contributed by atoms with Crippen molar-refractivity contribution < 1.29 is 9.53 Å². The van der Waals surface area contributed by atoms with Crippen LogP contribution in [0.25, 0.3) is 0 Å². The Bertz CT molecular complexity index is 1170. The fraction of sp³-hybridized carbons (Fsp3) is 0.200. The first-order valence-corrected chi connectivity index (χ1v) is 11.0. The summed E-state index contributed by atoms with van der Waals surface area (Å²) in [5, 5.41) is 9.29. The van der Waals surface area contributed by atoms with Gasteiger partial charge in [0, 0.05) is 17.8 Å². The second kappa shape index (κ2) is 9.18. The van der Waals surface area contributed by atoms with Gasteiger partial charge in [-0.3, -0.25) is 9.48 Å². The molecule has 4 aromatic rings. The van der Waals surface area contributed by atoms with E-state index in [0.717, 1.165) is 22.4 Å². The lowest BCUT2D eigenvalue weighted by molar-refractivity contribution is 0.103. The number of carbonyl (C=O) groups is 1. The van der Waals surface area contributed by atoms with Crippen LogP contribution in [0.3, 0.4) is 0 Å². The van der Waals surface area contributed by atoms with Crippen molar-refractivity contribution in [2.24, 2.45) is 0 Å². The van der Waals surface area contributed by atoms with E-state index in [-0.39, 0.29) is 5.91 Å². The number of ether oxygens (including phenoxy) is 1. The van der Waals surface area contributed by atoms with E-state index in [2.05, 4.69) is 41.6 Å². The first kappa shape index (κ1) is 20.9. The van der Waals surface area contributed by atoms with Crippen molar-refractivity contribution in [3.63, 3.8) is 0 Å². The highest BCUT2D eigenvalue weighted by Gasteiger charge is 2.12. The molecule has 0 fully saturated rings. The standard InChI is InChI=1S/C25H25N3O2S/c1-17-7-9-20(10-8-17)14-28-12-11-23(27-28)26-25(29)22-13-21(16-31-22)15-30-24-18(2)5-4-6-19(24)3/h4-13,16H,14-15H2,1-3H3,(H,26,27,29). The molecule has 0 aliphatic rings. The summed E-state index contributed by atoms with van der Waals surface area (Å²) in [5.41, 5.74) is 5.58. The average molecular weight is 432 g/mol. The zero-order chi connectivity index (χ0) is 21.8. The molecule has 0 unspecified atom stereocenters. The second-order valence-electron chi connectivity index (χ2n) is 7.67. The molecular formula is C25H25N3O2S. The van der Waals surface area contributed by atoms with Gasteiger partial charge in [-0.1, -0.05) is 48.0 Å². The summed E-state index contributed by atoms with van der Waals surface area (Å²) in [6, 6.07) is 18.1. The van der Waals surface area contributed by atoms with Crippen LogP contribution in [0.1, 0.15) is 37.5 Å². The Hall–Kier alpha value is -3.38. The van der Waals surface area contributed by atoms with Gasteiger partial charge < -0.3 is 10.1 Å². The van der Waals surface area contributed by atoms with Gasteiger partial charge in [0.25, 0.3) is 5.91 Å². The van der Waals surface area contributed by atoms with E-state index in [1.165, 1.54) is 22.5 Å².